The summed E-state index contributed by atoms with van der Waals surface area (Å²) < 4.78 is 5.42. The van der Waals surface area contributed by atoms with Gasteiger partial charge in [0.1, 0.15) is 0 Å². The number of nitrogens with two attached hydrogens (primary N) is 1. The molecule has 0 bridgehead atoms. The van der Waals surface area contributed by atoms with Crippen LogP contribution < -0.4 is 11.3 Å². The van der Waals surface area contributed by atoms with E-state index in [0.717, 1.165) is 72.3 Å². The molecule has 8 rings (SSSR count). The second kappa shape index (κ2) is 14.3. The van der Waals surface area contributed by atoms with E-state index >= 15 is 0 Å². The van der Waals surface area contributed by atoms with Crippen LogP contribution in [0.25, 0.3) is 38.2 Å². The molecule has 7 nitrogen and oxygen atoms in total. The van der Waals surface area contributed by atoms with E-state index in [1.54, 1.807) is 11.3 Å². The second-order valence-electron chi connectivity index (χ2n) is 14.8. The van der Waals surface area contributed by atoms with E-state index in [4.69, 9.17) is 10.7 Å². The number of benzene rings is 3. The highest BCUT2D eigenvalue weighted by molar-refractivity contribution is 9.10. The fourth-order valence-corrected chi connectivity index (χ4v) is 9.89. The Morgan fingerprint density at radius 2 is 1.72 bits per heavy atom. The molecule has 2 atom stereocenters. The van der Waals surface area contributed by atoms with E-state index in [1.807, 2.05) is 17.6 Å². The van der Waals surface area contributed by atoms with Gasteiger partial charge < -0.3 is 15.2 Å². The van der Waals surface area contributed by atoms with Gasteiger partial charge in [-0.05, 0) is 140 Å². The maximum Gasteiger partial charge on any atom is 0.283 e. The van der Waals surface area contributed by atoms with Crippen molar-refractivity contribution in [2.45, 2.75) is 89.6 Å². The number of fused-ring (bicyclic) bond motifs is 5. The fraction of sp³-hybridized carbons (Fsp3) is 0.439. The van der Waals surface area contributed by atoms with Crippen molar-refractivity contribution in [1.82, 2.24) is 23.8 Å². The Balaban J connectivity index is 0.904. The lowest BCUT2D eigenvalue weighted by molar-refractivity contribution is 0.198. The van der Waals surface area contributed by atoms with Gasteiger partial charge in [-0.3, -0.25) is 9.20 Å². The van der Waals surface area contributed by atoms with Gasteiger partial charge in [-0.1, -0.05) is 56.2 Å². The Kier molecular flexibility index (Phi) is 9.68. The van der Waals surface area contributed by atoms with Gasteiger partial charge in [0.2, 0.25) is 5.78 Å². The van der Waals surface area contributed by atoms with E-state index in [0.29, 0.717) is 23.3 Å². The van der Waals surface area contributed by atoms with Crippen LogP contribution in [0.1, 0.15) is 99.5 Å². The molecule has 0 amide bonds. The first-order chi connectivity index (χ1) is 24.4. The summed E-state index contributed by atoms with van der Waals surface area (Å²) in [5.41, 5.74) is 16.6. The lowest BCUT2D eigenvalue weighted by atomic mass is 9.88. The Morgan fingerprint density at radius 1 is 0.940 bits per heavy atom. The normalized spacial score (nSPS) is 17.8. The van der Waals surface area contributed by atoms with Crippen molar-refractivity contribution in [3.05, 3.63) is 97.8 Å². The molecule has 2 aliphatic rings. The smallest absolute Gasteiger partial charge is 0.283 e. The van der Waals surface area contributed by atoms with Crippen LogP contribution in [0, 0.1) is 12.8 Å². The molecule has 50 heavy (non-hydrogen) atoms. The maximum atomic E-state index is 13.3. The van der Waals surface area contributed by atoms with Gasteiger partial charge in [0.15, 0.2) is 0 Å². The molecule has 1 aliphatic carbocycles. The largest absolute Gasteiger partial charge is 0.324 e. The number of thiazole rings is 1. The summed E-state index contributed by atoms with van der Waals surface area (Å²) in [5, 5.41) is 0.650. The van der Waals surface area contributed by atoms with Gasteiger partial charge in [-0.25, -0.2) is 4.98 Å². The van der Waals surface area contributed by atoms with Gasteiger partial charge in [-0.2, -0.15) is 4.98 Å². The number of hydrogen-bond acceptors (Lipinski definition) is 6. The molecule has 2 fully saturated rings. The van der Waals surface area contributed by atoms with E-state index in [9.17, 15) is 4.79 Å². The molecule has 260 valence electrons. The lowest BCUT2D eigenvalue weighted by Crippen LogP contribution is -2.34. The molecule has 1 aliphatic heterocycles. The number of halogens is 1. The van der Waals surface area contributed by atoms with E-state index in [-0.39, 0.29) is 11.6 Å². The topological polar surface area (TPSA) is 81.4 Å². The van der Waals surface area contributed by atoms with Crippen LogP contribution in [0.15, 0.2) is 75.4 Å². The summed E-state index contributed by atoms with van der Waals surface area (Å²) in [6.07, 6.45) is 10.5. The van der Waals surface area contributed by atoms with Gasteiger partial charge in [0.25, 0.3) is 5.56 Å². The van der Waals surface area contributed by atoms with Crippen molar-refractivity contribution in [2.24, 2.45) is 11.7 Å². The van der Waals surface area contributed by atoms with Crippen LogP contribution in [0.3, 0.4) is 0 Å². The molecular weight excluding hydrogens is 704 g/mol. The summed E-state index contributed by atoms with van der Waals surface area (Å²) in [7, 11) is 0. The van der Waals surface area contributed by atoms with Crippen molar-refractivity contribution in [2.75, 3.05) is 19.6 Å². The zero-order valence-electron chi connectivity index (χ0n) is 29.2. The molecule has 3 aromatic heterocycles. The molecule has 4 heterocycles. The number of aromatic nitrogens is 4. The molecule has 6 aromatic rings. The zero-order valence-corrected chi connectivity index (χ0v) is 31.6. The van der Waals surface area contributed by atoms with E-state index in [2.05, 4.69) is 97.2 Å². The standard InChI is InChI=1S/C41H47BrN6OS/c1-26(10-16-34(43)29-11-13-30(14-12-29)39-27(2)44-25-50-39)18-21-46-22-19-28(20-23-46)31-15-17-35-37(24-31)47(32-6-3-4-7-32)41-45-40(49)38-33(42)8-5-9-36(38)48(35)41/h5,8-9,11-15,17,24-26,28,32,34H,3-4,6-7,10,16,18-23,43H2,1-2H3/t26-,34-/m0/s1. The van der Waals surface area contributed by atoms with Crippen LogP contribution in [-0.4, -0.2) is 43.5 Å². The van der Waals surface area contributed by atoms with E-state index in [1.165, 1.54) is 59.2 Å². The molecule has 2 N–H and O–H groups in total. The average molecular weight is 752 g/mol. The first-order valence-corrected chi connectivity index (χ1v) is 20.2. The number of nitrogens with zero attached hydrogens (tertiary/aromatic N) is 5. The molecule has 0 radical (unpaired) electrons. The molecule has 1 saturated heterocycles. The summed E-state index contributed by atoms with van der Waals surface area (Å²) >= 11 is 5.31. The molecule has 3 aromatic carbocycles. The maximum absolute atomic E-state index is 13.3. The highest BCUT2D eigenvalue weighted by Gasteiger charge is 2.27. The molecule has 1 saturated carbocycles. The predicted molar refractivity (Wildman–Crippen MR) is 210 cm³/mol. The van der Waals surface area contributed by atoms with Crippen molar-refractivity contribution < 1.29 is 0 Å². The van der Waals surface area contributed by atoms with Gasteiger partial charge in [0.05, 0.1) is 38.0 Å². The van der Waals surface area contributed by atoms with Crippen molar-refractivity contribution in [3.63, 3.8) is 0 Å². The van der Waals surface area contributed by atoms with Gasteiger partial charge in [-0.15, -0.1) is 11.3 Å². The Hall–Kier alpha value is -3.37. The molecule has 0 unspecified atom stereocenters. The Labute approximate surface area is 306 Å². The van der Waals surface area contributed by atoms with Crippen LogP contribution in [0.5, 0.6) is 0 Å². The highest BCUT2D eigenvalue weighted by Crippen LogP contribution is 2.38. The van der Waals surface area contributed by atoms with E-state index < -0.39 is 0 Å². The summed E-state index contributed by atoms with van der Waals surface area (Å²) in [4.78, 5) is 26.3. The highest BCUT2D eigenvalue weighted by atomic mass is 79.9. The molecular formula is C41H47BrN6OS. The zero-order chi connectivity index (χ0) is 34.4. The van der Waals surface area contributed by atoms with Crippen molar-refractivity contribution >= 4 is 55.0 Å². The minimum atomic E-state index is -0.160. The van der Waals surface area contributed by atoms with Crippen molar-refractivity contribution in [1.29, 1.82) is 0 Å². The first-order valence-electron chi connectivity index (χ1n) is 18.5. The average Bonchev–Trinajstić information content (AvgIpc) is 3.89. The molecule has 0 spiro atoms. The predicted octanol–water partition coefficient (Wildman–Crippen LogP) is 9.80. The number of piperidine rings is 1. The third-order valence-corrected chi connectivity index (χ3v) is 13.2. The van der Waals surface area contributed by atoms with Crippen LogP contribution >= 0.6 is 27.3 Å². The second-order valence-corrected chi connectivity index (χ2v) is 16.5. The lowest BCUT2D eigenvalue weighted by Gasteiger charge is -2.33. The first kappa shape index (κ1) is 33.8. The monoisotopic (exact) mass is 750 g/mol. The van der Waals surface area contributed by atoms with Crippen LogP contribution in [-0.2, 0) is 0 Å². The Morgan fingerprint density at radius 3 is 2.46 bits per heavy atom. The van der Waals surface area contributed by atoms with Crippen LogP contribution in [0.2, 0.25) is 0 Å². The number of hydrogen-bond donors (Lipinski definition) is 1. The van der Waals surface area contributed by atoms with Gasteiger partial charge in [0, 0.05) is 16.6 Å². The minimum Gasteiger partial charge on any atom is -0.324 e. The fourth-order valence-electron chi connectivity index (χ4n) is 8.55. The molecule has 9 heteroatoms. The SMILES string of the molecule is Cc1ncsc1-c1ccc([C@@H](N)CC[C@H](C)CCN2CCC(c3ccc4c(c3)n(C3CCCC3)c3nc(=O)c5c(Br)cccc5n43)CC2)cc1. The number of imidazole rings is 1. The summed E-state index contributed by atoms with van der Waals surface area (Å²) in [6, 6.07) is 22.3. The summed E-state index contributed by atoms with van der Waals surface area (Å²) in [5.74, 6) is 1.98. The number of aryl methyl sites for hydroxylation is 1. The third kappa shape index (κ3) is 6.47. The third-order valence-electron chi connectivity index (χ3n) is 11.6. The number of likely N-dealkylation sites (tertiary alicyclic amines) is 1. The Bertz CT molecular complexity index is 2190. The van der Waals surface area contributed by atoms with Crippen molar-refractivity contribution in [3.8, 4) is 10.4 Å². The summed E-state index contributed by atoms with van der Waals surface area (Å²) in [6.45, 7) is 7.89. The minimum absolute atomic E-state index is 0.0756. The quantitative estimate of drug-likeness (QED) is 0.151. The number of rotatable bonds is 10. The van der Waals surface area contributed by atoms with Crippen LogP contribution in [0.4, 0.5) is 0 Å². The van der Waals surface area contributed by atoms with Gasteiger partial charge >= 0.3 is 0 Å².